The lowest BCUT2D eigenvalue weighted by atomic mass is 9.43. The number of hydrogen-bond acceptors (Lipinski definition) is 5. The van der Waals surface area contributed by atoms with E-state index in [4.69, 9.17) is 9.47 Å². The Bertz CT molecular complexity index is 890. The predicted octanol–water partition coefficient (Wildman–Crippen LogP) is 3.54. The van der Waals surface area contributed by atoms with Crippen LogP contribution in [0.15, 0.2) is 11.6 Å². The van der Waals surface area contributed by atoms with Gasteiger partial charge in [0.2, 0.25) is 0 Å². The maximum Gasteiger partial charge on any atom is 0.306 e. The molecular weight excluding hydrogens is 368 g/mol. The Morgan fingerprint density at radius 1 is 1.14 bits per heavy atom. The molecule has 2 aliphatic heterocycles. The number of rotatable bonds is 1. The van der Waals surface area contributed by atoms with Crippen LogP contribution in [0.25, 0.3) is 0 Å². The number of esters is 1. The van der Waals surface area contributed by atoms with E-state index < -0.39 is 0 Å². The lowest BCUT2D eigenvalue weighted by Crippen LogP contribution is -2.63. The van der Waals surface area contributed by atoms with Crippen molar-refractivity contribution in [2.24, 2.45) is 28.6 Å². The fourth-order valence-corrected chi connectivity index (χ4v) is 8.70. The molecule has 5 nitrogen and oxygen atoms in total. The first-order valence-corrected chi connectivity index (χ1v) is 11.3. The van der Waals surface area contributed by atoms with E-state index in [1.807, 2.05) is 6.08 Å². The number of fused-ring (bicyclic) bond motifs is 4. The lowest BCUT2D eigenvalue weighted by Gasteiger charge is -2.58. The van der Waals surface area contributed by atoms with Crippen LogP contribution in [0.3, 0.4) is 0 Å². The van der Waals surface area contributed by atoms with E-state index in [9.17, 15) is 14.4 Å². The molecule has 2 saturated heterocycles. The topological polar surface area (TPSA) is 73.0 Å². The fourth-order valence-electron chi connectivity index (χ4n) is 8.70. The van der Waals surface area contributed by atoms with Crippen LogP contribution in [0.5, 0.6) is 0 Å². The van der Waals surface area contributed by atoms with E-state index >= 15 is 0 Å². The molecule has 29 heavy (non-hydrogen) atoms. The summed E-state index contributed by atoms with van der Waals surface area (Å²) < 4.78 is 12.7. The largest absolute Gasteiger partial charge is 0.458 e. The summed E-state index contributed by atoms with van der Waals surface area (Å²) in [4.78, 5) is 37.2. The van der Waals surface area contributed by atoms with Gasteiger partial charge in [0, 0.05) is 35.5 Å². The van der Waals surface area contributed by atoms with Crippen LogP contribution < -0.4 is 0 Å². The summed E-state index contributed by atoms with van der Waals surface area (Å²) in [5.74, 6) is 0.676. The van der Waals surface area contributed by atoms with E-state index in [1.165, 1.54) is 0 Å². The zero-order valence-corrected chi connectivity index (χ0v) is 17.6. The first-order chi connectivity index (χ1) is 13.7. The monoisotopic (exact) mass is 398 g/mol. The van der Waals surface area contributed by atoms with Crippen LogP contribution >= 0.6 is 0 Å². The summed E-state index contributed by atoms with van der Waals surface area (Å²) in [6, 6.07) is 0. The molecule has 0 amide bonds. The second kappa shape index (κ2) is 5.22. The molecule has 3 saturated carbocycles. The first-order valence-electron chi connectivity index (χ1n) is 11.3. The molecule has 5 heteroatoms. The van der Waals surface area contributed by atoms with E-state index in [2.05, 4.69) is 13.8 Å². The van der Waals surface area contributed by atoms with Gasteiger partial charge in [0.1, 0.15) is 17.0 Å². The lowest BCUT2D eigenvalue weighted by molar-refractivity contribution is -0.167. The number of carbonyl (C=O) groups excluding carboxylic acids is 3. The maximum absolute atomic E-state index is 12.9. The van der Waals surface area contributed by atoms with Gasteiger partial charge in [-0.05, 0) is 57.4 Å². The van der Waals surface area contributed by atoms with Crippen molar-refractivity contribution in [2.45, 2.75) is 89.4 Å². The molecule has 0 aromatic carbocycles. The quantitative estimate of drug-likeness (QED) is 0.499. The minimum atomic E-state index is -0.381. The minimum absolute atomic E-state index is 0.0739. The summed E-state index contributed by atoms with van der Waals surface area (Å²) in [5, 5.41) is 0. The van der Waals surface area contributed by atoms with E-state index in [1.54, 1.807) is 6.92 Å². The molecule has 4 aliphatic carbocycles. The standard InChI is InChI=1S/C24H30O5/c1-13(25)16-11-14-10-15(26)4-7-21(14,2)24-18(28-24)12-22(3)17(20(16)24)5-8-23(22)9-6-19(27)29-23/h10,16-18,20H,4-9,11-12H2,1-3H3/t16?,17-,18+,20-,21-,22-,23+,24?/m0/s1. The second-order valence-corrected chi connectivity index (χ2v) is 11.0. The Kier molecular flexibility index (Phi) is 3.29. The van der Waals surface area contributed by atoms with Crippen LogP contribution in [-0.2, 0) is 23.9 Å². The summed E-state index contributed by atoms with van der Waals surface area (Å²) >= 11 is 0. The third kappa shape index (κ3) is 1.90. The van der Waals surface area contributed by atoms with Gasteiger partial charge in [0.15, 0.2) is 5.78 Å². The fraction of sp³-hybridized carbons (Fsp3) is 0.792. The highest BCUT2D eigenvalue weighted by Gasteiger charge is 2.83. The highest BCUT2D eigenvalue weighted by molar-refractivity contribution is 5.92. The number of Topliss-reactive ketones (excluding diaryl/α,β-unsaturated/α-hetero) is 1. The highest BCUT2D eigenvalue weighted by atomic mass is 16.6. The number of carbonyl (C=O) groups is 3. The molecule has 6 aliphatic rings. The Morgan fingerprint density at radius 2 is 1.93 bits per heavy atom. The number of ether oxygens (including phenoxy) is 2. The van der Waals surface area contributed by atoms with Crippen molar-refractivity contribution in [3.63, 3.8) is 0 Å². The van der Waals surface area contributed by atoms with Gasteiger partial charge in [-0.15, -0.1) is 0 Å². The van der Waals surface area contributed by atoms with Crippen molar-refractivity contribution in [3.05, 3.63) is 11.6 Å². The van der Waals surface area contributed by atoms with Crippen molar-refractivity contribution < 1.29 is 23.9 Å². The van der Waals surface area contributed by atoms with Gasteiger partial charge in [0.25, 0.3) is 0 Å². The third-order valence-electron chi connectivity index (χ3n) is 10.2. The summed E-state index contributed by atoms with van der Waals surface area (Å²) in [6.07, 6.45) is 8.07. The molecule has 6 rings (SSSR count). The Hall–Kier alpha value is -1.49. The molecule has 2 unspecified atom stereocenters. The van der Waals surface area contributed by atoms with Gasteiger partial charge in [-0.3, -0.25) is 14.4 Å². The summed E-state index contributed by atoms with van der Waals surface area (Å²) in [6.45, 7) is 6.28. The zero-order chi connectivity index (χ0) is 20.4. The smallest absolute Gasteiger partial charge is 0.306 e. The van der Waals surface area contributed by atoms with Gasteiger partial charge >= 0.3 is 5.97 Å². The molecule has 5 fully saturated rings. The Balaban J connectivity index is 1.49. The van der Waals surface area contributed by atoms with Gasteiger partial charge in [0.05, 0.1) is 6.10 Å². The molecule has 0 aromatic heterocycles. The summed E-state index contributed by atoms with van der Waals surface area (Å²) in [7, 11) is 0. The van der Waals surface area contributed by atoms with Gasteiger partial charge < -0.3 is 9.47 Å². The first kappa shape index (κ1) is 18.3. The Morgan fingerprint density at radius 3 is 2.62 bits per heavy atom. The average Bonchev–Trinajstić information content (AvgIpc) is 3.14. The number of ketones is 2. The second-order valence-electron chi connectivity index (χ2n) is 11.0. The molecule has 0 N–H and O–H groups in total. The number of hydrogen-bond donors (Lipinski definition) is 0. The minimum Gasteiger partial charge on any atom is -0.458 e. The zero-order valence-electron chi connectivity index (χ0n) is 17.6. The van der Waals surface area contributed by atoms with Crippen LogP contribution in [-0.4, -0.2) is 34.8 Å². The normalized spacial score (nSPS) is 54.8. The van der Waals surface area contributed by atoms with Crippen LogP contribution in [0.4, 0.5) is 0 Å². The molecular formula is C24H30O5. The van der Waals surface area contributed by atoms with Gasteiger partial charge in [-0.1, -0.05) is 19.4 Å². The van der Waals surface area contributed by atoms with Crippen LogP contribution in [0, 0.1) is 28.6 Å². The SMILES string of the molecule is CC(=O)C1CC2=CC(=O)CC[C@]2(C)C23O[C@@H]2C[C@@]2(C)[C@@H](CC[C@@]24CCC(=O)O4)[C@H]13. The molecule has 156 valence electrons. The van der Waals surface area contributed by atoms with Crippen molar-refractivity contribution >= 4 is 17.5 Å². The molecule has 0 radical (unpaired) electrons. The molecule has 2 heterocycles. The van der Waals surface area contributed by atoms with E-state index in [-0.39, 0.29) is 57.5 Å². The van der Waals surface area contributed by atoms with Crippen LogP contribution in [0.2, 0.25) is 0 Å². The number of epoxide rings is 1. The van der Waals surface area contributed by atoms with Gasteiger partial charge in [-0.2, -0.15) is 0 Å². The third-order valence-corrected chi connectivity index (χ3v) is 10.2. The van der Waals surface area contributed by atoms with Crippen molar-refractivity contribution in [1.29, 1.82) is 0 Å². The van der Waals surface area contributed by atoms with Crippen LogP contribution in [0.1, 0.15) is 72.1 Å². The maximum atomic E-state index is 12.9. The van der Waals surface area contributed by atoms with Crippen molar-refractivity contribution in [3.8, 4) is 0 Å². The molecule has 0 bridgehead atoms. The van der Waals surface area contributed by atoms with Gasteiger partial charge in [-0.25, -0.2) is 0 Å². The van der Waals surface area contributed by atoms with Crippen molar-refractivity contribution in [1.82, 2.24) is 0 Å². The van der Waals surface area contributed by atoms with E-state index in [0.717, 1.165) is 37.7 Å². The molecule has 8 atom stereocenters. The predicted molar refractivity (Wildman–Crippen MR) is 104 cm³/mol. The molecule has 0 aromatic rings. The molecule has 2 spiro atoms. The average molecular weight is 398 g/mol. The highest BCUT2D eigenvalue weighted by Crippen LogP contribution is 2.78. The summed E-state index contributed by atoms with van der Waals surface area (Å²) in [5.41, 5.74) is 0.132. The van der Waals surface area contributed by atoms with Crippen molar-refractivity contribution in [2.75, 3.05) is 0 Å². The Labute approximate surface area is 171 Å². The van der Waals surface area contributed by atoms with E-state index in [0.29, 0.717) is 25.2 Å².